The first-order valence-electron chi connectivity index (χ1n) is 6.00. The average Bonchev–Trinajstić information content (AvgIpc) is 2.58. The summed E-state index contributed by atoms with van der Waals surface area (Å²) in [6.45, 7) is 4.11. The lowest BCUT2D eigenvalue weighted by molar-refractivity contribution is 0.179. The fraction of sp³-hybridized carbons (Fsp3) is 0.357. The molecule has 0 aliphatic carbocycles. The number of aliphatic hydroxyl groups excluding tert-OH is 1. The minimum atomic E-state index is -0.611. The van der Waals surface area contributed by atoms with E-state index in [1.54, 1.807) is 17.9 Å². The summed E-state index contributed by atoms with van der Waals surface area (Å²) in [7, 11) is 1.77. The van der Waals surface area contributed by atoms with Gasteiger partial charge < -0.3 is 10.8 Å². The Kier molecular flexibility index (Phi) is 3.39. The molecule has 0 fully saturated rings. The number of aromatic nitrogens is 2. The molecule has 0 spiro atoms. The molecule has 0 saturated carbocycles. The zero-order valence-corrected chi connectivity index (χ0v) is 11.0. The molecule has 96 valence electrons. The number of hydrogen-bond donors (Lipinski definition) is 2. The normalized spacial score (nSPS) is 12.7. The number of nitrogen functional groups attached to an aromatic ring is 1. The van der Waals surface area contributed by atoms with Gasteiger partial charge in [0.15, 0.2) is 0 Å². The summed E-state index contributed by atoms with van der Waals surface area (Å²) in [5.74, 6) is 0.520. The van der Waals surface area contributed by atoms with Crippen LogP contribution in [0.4, 0.5) is 5.82 Å². The Morgan fingerprint density at radius 1 is 1.28 bits per heavy atom. The van der Waals surface area contributed by atoms with Crippen molar-refractivity contribution in [3.63, 3.8) is 0 Å². The number of aryl methyl sites for hydroxylation is 3. The molecule has 1 aromatic carbocycles. The number of hydrogen-bond acceptors (Lipinski definition) is 3. The van der Waals surface area contributed by atoms with Crippen LogP contribution in [-0.4, -0.2) is 14.9 Å². The first-order valence-corrected chi connectivity index (χ1v) is 6.00. The van der Waals surface area contributed by atoms with Gasteiger partial charge in [-0.3, -0.25) is 4.68 Å². The molecule has 1 heterocycles. The molecule has 3 N–H and O–H groups in total. The van der Waals surface area contributed by atoms with Crippen molar-refractivity contribution >= 4 is 5.82 Å². The Bertz CT molecular complexity index is 540. The molecule has 1 unspecified atom stereocenters. The van der Waals surface area contributed by atoms with Gasteiger partial charge >= 0.3 is 0 Å². The van der Waals surface area contributed by atoms with Gasteiger partial charge in [-0.15, -0.1) is 0 Å². The van der Waals surface area contributed by atoms with E-state index in [2.05, 4.69) is 37.1 Å². The standard InChI is InChI=1S/C14H19N3O/c1-9-4-10(2)6-11(5-9)7-13(18)12-8-16-17(3)14(12)15/h4-6,8,13,18H,7,15H2,1-3H3. The van der Waals surface area contributed by atoms with Crippen LogP contribution >= 0.6 is 0 Å². The van der Waals surface area contributed by atoms with E-state index in [1.165, 1.54) is 11.1 Å². The van der Waals surface area contributed by atoms with E-state index in [1.807, 2.05) is 0 Å². The molecule has 2 aromatic rings. The van der Waals surface area contributed by atoms with Gasteiger partial charge in [0.2, 0.25) is 0 Å². The van der Waals surface area contributed by atoms with Crippen molar-refractivity contribution in [3.05, 3.63) is 46.6 Å². The fourth-order valence-corrected chi connectivity index (χ4v) is 2.24. The number of rotatable bonds is 3. The molecule has 0 amide bonds. The van der Waals surface area contributed by atoms with Crippen molar-refractivity contribution in [3.8, 4) is 0 Å². The second-order valence-corrected chi connectivity index (χ2v) is 4.82. The Balaban J connectivity index is 2.21. The topological polar surface area (TPSA) is 64.1 Å². The van der Waals surface area contributed by atoms with Crippen LogP contribution in [0.15, 0.2) is 24.4 Å². The Morgan fingerprint density at radius 2 is 1.89 bits per heavy atom. The summed E-state index contributed by atoms with van der Waals surface area (Å²) in [6, 6.07) is 6.29. The van der Waals surface area contributed by atoms with Gasteiger partial charge in [0.05, 0.1) is 12.3 Å². The lowest BCUT2D eigenvalue weighted by Crippen LogP contribution is -2.06. The van der Waals surface area contributed by atoms with E-state index < -0.39 is 6.10 Å². The van der Waals surface area contributed by atoms with Gasteiger partial charge in [0, 0.05) is 19.0 Å². The van der Waals surface area contributed by atoms with E-state index in [9.17, 15) is 5.11 Å². The van der Waals surface area contributed by atoms with E-state index in [4.69, 9.17) is 5.73 Å². The fourth-order valence-electron chi connectivity index (χ4n) is 2.24. The summed E-state index contributed by atoms with van der Waals surface area (Å²) in [6.07, 6.45) is 1.57. The minimum Gasteiger partial charge on any atom is -0.388 e. The molecule has 1 aromatic heterocycles. The molecule has 4 heteroatoms. The molecule has 0 aliphatic heterocycles. The predicted octanol–water partition coefficient (Wildman–Crippen LogP) is 1.90. The molecule has 0 aliphatic rings. The second-order valence-electron chi connectivity index (χ2n) is 4.82. The maximum Gasteiger partial charge on any atom is 0.127 e. The van der Waals surface area contributed by atoms with Crippen molar-refractivity contribution in [1.82, 2.24) is 9.78 Å². The van der Waals surface area contributed by atoms with Crippen LogP contribution in [0.2, 0.25) is 0 Å². The largest absolute Gasteiger partial charge is 0.388 e. The average molecular weight is 245 g/mol. The Hall–Kier alpha value is -1.81. The first kappa shape index (κ1) is 12.6. The molecule has 1 atom stereocenters. The van der Waals surface area contributed by atoms with Crippen LogP contribution < -0.4 is 5.73 Å². The van der Waals surface area contributed by atoms with Crippen LogP contribution in [0.3, 0.4) is 0 Å². The smallest absolute Gasteiger partial charge is 0.127 e. The molecular formula is C14H19N3O. The lowest BCUT2D eigenvalue weighted by atomic mass is 10.00. The molecular weight excluding hydrogens is 226 g/mol. The van der Waals surface area contributed by atoms with Crippen molar-refractivity contribution < 1.29 is 5.11 Å². The van der Waals surface area contributed by atoms with Gasteiger partial charge in [-0.2, -0.15) is 5.10 Å². The summed E-state index contributed by atoms with van der Waals surface area (Å²) in [5, 5.41) is 14.3. The summed E-state index contributed by atoms with van der Waals surface area (Å²) in [4.78, 5) is 0. The Labute approximate surface area is 107 Å². The number of aliphatic hydroxyl groups is 1. The van der Waals surface area contributed by atoms with Crippen LogP contribution in [0, 0.1) is 13.8 Å². The zero-order chi connectivity index (χ0) is 13.3. The summed E-state index contributed by atoms with van der Waals surface area (Å²) >= 11 is 0. The quantitative estimate of drug-likeness (QED) is 0.868. The van der Waals surface area contributed by atoms with Gasteiger partial charge in [-0.1, -0.05) is 29.3 Å². The number of anilines is 1. The van der Waals surface area contributed by atoms with Gasteiger partial charge in [-0.25, -0.2) is 0 Å². The van der Waals surface area contributed by atoms with Crippen LogP contribution in [0.5, 0.6) is 0 Å². The van der Waals surface area contributed by atoms with E-state index in [-0.39, 0.29) is 0 Å². The van der Waals surface area contributed by atoms with Crippen molar-refractivity contribution in [2.45, 2.75) is 26.4 Å². The highest BCUT2D eigenvalue weighted by atomic mass is 16.3. The molecule has 0 radical (unpaired) electrons. The maximum absolute atomic E-state index is 10.2. The molecule has 0 saturated heterocycles. The third-order valence-corrected chi connectivity index (χ3v) is 3.08. The van der Waals surface area contributed by atoms with E-state index in [0.29, 0.717) is 17.8 Å². The number of nitrogens with zero attached hydrogens (tertiary/aromatic N) is 2. The van der Waals surface area contributed by atoms with E-state index in [0.717, 1.165) is 5.56 Å². The van der Waals surface area contributed by atoms with E-state index >= 15 is 0 Å². The van der Waals surface area contributed by atoms with Crippen LogP contribution in [0.25, 0.3) is 0 Å². The summed E-state index contributed by atoms with van der Waals surface area (Å²) < 4.78 is 1.57. The third-order valence-electron chi connectivity index (χ3n) is 3.08. The van der Waals surface area contributed by atoms with Crippen molar-refractivity contribution in [2.24, 2.45) is 7.05 Å². The summed E-state index contributed by atoms with van der Waals surface area (Å²) in [5.41, 5.74) is 10.1. The van der Waals surface area contributed by atoms with Crippen LogP contribution in [0.1, 0.15) is 28.4 Å². The second kappa shape index (κ2) is 4.82. The van der Waals surface area contributed by atoms with Crippen molar-refractivity contribution in [2.75, 3.05) is 5.73 Å². The first-order chi connectivity index (χ1) is 8.47. The SMILES string of the molecule is Cc1cc(C)cc(CC(O)c2cnn(C)c2N)c1. The van der Waals surface area contributed by atoms with Crippen LogP contribution in [-0.2, 0) is 13.5 Å². The monoisotopic (exact) mass is 245 g/mol. The third kappa shape index (κ3) is 2.54. The Morgan fingerprint density at radius 3 is 2.39 bits per heavy atom. The number of nitrogens with two attached hydrogens (primary N) is 1. The number of benzene rings is 1. The molecule has 0 bridgehead atoms. The maximum atomic E-state index is 10.2. The van der Waals surface area contributed by atoms with Gasteiger partial charge in [0.25, 0.3) is 0 Å². The van der Waals surface area contributed by atoms with Gasteiger partial charge in [0.1, 0.15) is 5.82 Å². The highest BCUT2D eigenvalue weighted by Crippen LogP contribution is 2.23. The molecule has 2 rings (SSSR count). The van der Waals surface area contributed by atoms with Gasteiger partial charge in [-0.05, 0) is 19.4 Å². The highest BCUT2D eigenvalue weighted by Gasteiger charge is 2.15. The predicted molar refractivity (Wildman–Crippen MR) is 72.2 cm³/mol. The minimum absolute atomic E-state index is 0.520. The zero-order valence-electron chi connectivity index (χ0n) is 11.0. The highest BCUT2D eigenvalue weighted by molar-refractivity contribution is 5.41. The van der Waals surface area contributed by atoms with Crippen molar-refractivity contribution in [1.29, 1.82) is 0 Å². The lowest BCUT2D eigenvalue weighted by Gasteiger charge is -2.11. The molecule has 4 nitrogen and oxygen atoms in total. The molecule has 18 heavy (non-hydrogen) atoms.